The molecule has 0 heterocycles. The van der Waals surface area contributed by atoms with Crippen LogP contribution in [-0.4, -0.2) is 11.7 Å². The van der Waals surface area contributed by atoms with Gasteiger partial charge in [0.1, 0.15) is 0 Å². The highest BCUT2D eigenvalue weighted by molar-refractivity contribution is 4.98. The highest BCUT2D eigenvalue weighted by Crippen LogP contribution is 2.57. The van der Waals surface area contributed by atoms with Gasteiger partial charge in [-0.05, 0) is 42.4 Å². The molecule has 14 heavy (non-hydrogen) atoms. The summed E-state index contributed by atoms with van der Waals surface area (Å²) in [6.45, 7) is 5.16. The van der Waals surface area contributed by atoms with Crippen molar-refractivity contribution in [3.63, 3.8) is 0 Å². The molecule has 0 aromatic carbocycles. The van der Waals surface area contributed by atoms with Crippen molar-refractivity contribution in [1.29, 1.82) is 0 Å². The van der Waals surface area contributed by atoms with Crippen molar-refractivity contribution in [2.75, 3.05) is 6.61 Å². The second-order valence-corrected chi connectivity index (χ2v) is 6.12. The summed E-state index contributed by atoms with van der Waals surface area (Å²) in [4.78, 5) is 0. The minimum absolute atomic E-state index is 0.230. The predicted molar refractivity (Wildman–Crippen MR) is 59.1 cm³/mol. The van der Waals surface area contributed by atoms with Gasteiger partial charge in [0.05, 0.1) is 0 Å². The first-order valence-corrected chi connectivity index (χ1v) is 6.22. The molecule has 2 rings (SSSR count). The molecule has 0 bridgehead atoms. The first kappa shape index (κ1) is 10.5. The summed E-state index contributed by atoms with van der Waals surface area (Å²) in [5, 5.41) is 9.60. The van der Waals surface area contributed by atoms with E-state index >= 15 is 0 Å². The Bertz CT molecular complexity index is 198. The second kappa shape index (κ2) is 3.52. The Morgan fingerprint density at radius 3 is 2.50 bits per heavy atom. The van der Waals surface area contributed by atoms with E-state index in [1.807, 2.05) is 0 Å². The van der Waals surface area contributed by atoms with Gasteiger partial charge in [-0.15, -0.1) is 0 Å². The molecule has 3 atom stereocenters. The Balaban J connectivity index is 2.22. The third kappa shape index (κ3) is 1.50. The van der Waals surface area contributed by atoms with Crippen molar-refractivity contribution in [3.8, 4) is 0 Å². The van der Waals surface area contributed by atoms with Crippen molar-refractivity contribution >= 4 is 0 Å². The fourth-order valence-corrected chi connectivity index (χ4v) is 4.15. The van der Waals surface area contributed by atoms with Gasteiger partial charge in [-0.3, -0.25) is 0 Å². The van der Waals surface area contributed by atoms with Gasteiger partial charge in [-0.1, -0.05) is 33.1 Å². The van der Waals surface area contributed by atoms with Crippen LogP contribution in [0.3, 0.4) is 0 Å². The van der Waals surface area contributed by atoms with E-state index in [1.165, 1.54) is 44.9 Å². The summed E-state index contributed by atoms with van der Waals surface area (Å²) in [5.74, 6) is 0.780. The molecule has 0 spiro atoms. The van der Waals surface area contributed by atoms with E-state index in [2.05, 4.69) is 13.8 Å². The van der Waals surface area contributed by atoms with E-state index in [-0.39, 0.29) is 5.41 Å². The van der Waals surface area contributed by atoms with E-state index in [1.54, 1.807) is 0 Å². The minimum Gasteiger partial charge on any atom is -0.396 e. The number of fused-ring (bicyclic) bond motifs is 1. The van der Waals surface area contributed by atoms with E-state index in [0.717, 1.165) is 5.92 Å². The van der Waals surface area contributed by atoms with Gasteiger partial charge in [0.15, 0.2) is 0 Å². The number of hydrogen-bond acceptors (Lipinski definition) is 1. The topological polar surface area (TPSA) is 20.2 Å². The quantitative estimate of drug-likeness (QED) is 0.681. The molecular formula is C13H24O. The van der Waals surface area contributed by atoms with E-state index < -0.39 is 0 Å². The Kier molecular flexibility index (Phi) is 2.63. The van der Waals surface area contributed by atoms with Crippen molar-refractivity contribution in [2.24, 2.45) is 16.7 Å². The third-order valence-corrected chi connectivity index (χ3v) is 5.03. The summed E-state index contributed by atoms with van der Waals surface area (Å²) in [5.41, 5.74) is 0.779. The lowest BCUT2D eigenvalue weighted by atomic mass is 9.51. The highest BCUT2D eigenvalue weighted by atomic mass is 16.3. The Labute approximate surface area is 87.9 Å². The van der Waals surface area contributed by atoms with Gasteiger partial charge in [-0.2, -0.15) is 0 Å². The van der Waals surface area contributed by atoms with E-state index in [4.69, 9.17) is 0 Å². The molecule has 1 N–H and O–H groups in total. The summed E-state index contributed by atoms with van der Waals surface area (Å²) in [6, 6.07) is 0. The Hall–Kier alpha value is -0.0400. The lowest BCUT2D eigenvalue weighted by molar-refractivity contribution is -0.0692. The van der Waals surface area contributed by atoms with Crippen LogP contribution in [0.2, 0.25) is 0 Å². The molecule has 3 unspecified atom stereocenters. The van der Waals surface area contributed by atoms with Gasteiger partial charge in [-0.25, -0.2) is 0 Å². The normalized spacial score (nSPS) is 48.6. The average molecular weight is 196 g/mol. The summed E-state index contributed by atoms with van der Waals surface area (Å²) in [7, 11) is 0. The van der Waals surface area contributed by atoms with Gasteiger partial charge >= 0.3 is 0 Å². The molecule has 0 aromatic heterocycles. The van der Waals surface area contributed by atoms with Crippen LogP contribution in [0.4, 0.5) is 0 Å². The molecule has 2 aliphatic rings. The monoisotopic (exact) mass is 196 g/mol. The number of aliphatic hydroxyl groups excluding tert-OH is 1. The smallest absolute Gasteiger partial charge is 0.0487 e. The molecule has 0 aromatic rings. The number of rotatable bonds is 1. The Morgan fingerprint density at radius 1 is 1.07 bits per heavy atom. The van der Waals surface area contributed by atoms with E-state index in [9.17, 15) is 5.11 Å². The minimum atomic E-state index is 0.230. The maximum Gasteiger partial charge on any atom is 0.0487 e. The predicted octanol–water partition coefficient (Wildman–Crippen LogP) is 3.37. The summed E-state index contributed by atoms with van der Waals surface area (Å²) >= 11 is 0. The van der Waals surface area contributed by atoms with Gasteiger partial charge in [0, 0.05) is 6.61 Å². The lowest BCUT2D eigenvalue weighted by Crippen LogP contribution is -2.47. The molecule has 1 nitrogen and oxygen atoms in total. The van der Waals surface area contributed by atoms with Crippen LogP contribution < -0.4 is 0 Å². The van der Waals surface area contributed by atoms with E-state index in [0.29, 0.717) is 12.0 Å². The molecule has 1 heteroatoms. The zero-order chi connectivity index (χ0) is 10.2. The van der Waals surface area contributed by atoms with Crippen LogP contribution in [0.15, 0.2) is 0 Å². The second-order valence-electron chi connectivity index (χ2n) is 6.12. The van der Waals surface area contributed by atoms with Crippen LogP contribution in [0.5, 0.6) is 0 Å². The van der Waals surface area contributed by atoms with Crippen LogP contribution >= 0.6 is 0 Å². The van der Waals surface area contributed by atoms with Gasteiger partial charge in [0.25, 0.3) is 0 Å². The molecule has 82 valence electrons. The molecule has 2 fully saturated rings. The van der Waals surface area contributed by atoms with Gasteiger partial charge < -0.3 is 5.11 Å². The van der Waals surface area contributed by atoms with Gasteiger partial charge in [0.2, 0.25) is 0 Å². The summed E-state index contributed by atoms with van der Waals surface area (Å²) < 4.78 is 0. The highest BCUT2D eigenvalue weighted by Gasteiger charge is 2.48. The first-order valence-electron chi connectivity index (χ1n) is 6.22. The first-order chi connectivity index (χ1) is 6.61. The van der Waals surface area contributed by atoms with Crippen molar-refractivity contribution in [3.05, 3.63) is 0 Å². The zero-order valence-corrected chi connectivity index (χ0v) is 9.68. The fourth-order valence-electron chi connectivity index (χ4n) is 4.15. The van der Waals surface area contributed by atoms with Crippen molar-refractivity contribution < 1.29 is 5.11 Å². The molecule has 0 radical (unpaired) electrons. The van der Waals surface area contributed by atoms with Crippen molar-refractivity contribution in [2.45, 2.75) is 58.8 Å². The lowest BCUT2D eigenvalue weighted by Gasteiger charge is -2.54. The molecule has 0 aliphatic heterocycles. The SMILES string of the molecule is CC1(CO)CCCC2(C)CCCCC12. The van der Waals surface area contributed by atoms with Crippen molar-refractivity contribution in [1.82, 2.24) is 0 Å². The maximum atomic E-state index is 9.60. The molecular weight excluding hydrogens is 172 g/mol. The molecule has 2 aliphatic carbocycles. The van der Waals surface area contributed by atoms with Crippen LogP contribution in [0.1, 0.15) is 58.8 Å². The van der Waals surface area contributed by atoms with Crippen LogP contribution in [0.25, 0.3) is 0 Å². The Morgan fingerprint density at radius 2 is 1.79 bits per heavy atom. The number of aliphatic hydroxyl groups is 1. The van der Waals surface area contributed by atoms with Crippen LogP contribution in [-0.2, 0) is 0 Å². The third-order valence-electron chi connectivity index (χ3n) is 5.03. The standard InChI is InChI=1S/C13H24O/c1-12-7-4-3-6-11(12)13(2,10-14)9-5-8-12/h11,14H,3-10H2,1-2H3. The number of hydrogen-bond donors (Lipinski definition) is 1. The maximum absolute atomic E-state index is 9.60. The average Bonchev–Trinajstić information content (AvgIpc) is 2.17. The fraction of sp³-hybridized carbons (Fsp3) is 1.00. The van der Waals surface area contributed by atoms with Crippen LogP contribution in [0, 0.1) is 16.7 Å². The molecule has 2 saturated carbocycles. The zero-order valence-electron chi connectivity index (χ0n) is 9.68. The summed E-state index contributed by atoms with van der Waals surface area (Å²) in [6.07, 6.45) is 9.51. The molecule has 0 saturated heterocycles. The largest absolute Gasteiger partial charge is 0.396 e. The molecule has 0 amide bonds.